The predicted molar refractivity (Wildman–Crippen MR) is 96.6 cm³/mol. The third-order valence-electron chi connectivity index (χ3n) is 3.41. The number of anilines is 1. The first-order chi connectivity index (χ1) is 12.0. The van der Waals surface area contributed by atoms with Crippen LogP contribution in [0.15, 0.2) is 42.5 Å². The summed E-state index contributed by atoms with van der Waals surface area (Å²) in [5, 5.41) is 5.87. The fourth-order valence-electron chi connectivity index (χ4n) is 2.09. The Kier molecular flexibility index (Phi) is 6.80. The molecule has 132 valence electrons. The molecule has 0 aliphatic heterocycles. The third-order valence-corrected chi connectivity index (χ3v) is 3.71. The van der Waals surface area contributed by atoms with E-state index in [4.69, 9.17) is 21.1 Å². The van der Waals surface area contributed by atoms with Crippen molar-refractivity contribution in [2.75, 3.05) is 32.7 Å². The van der Waals surface area contributed by atoms with Crippen LogP contribution in [0.5, 0.6) is 5.75 Å². The van der Waals surface area contributed by atoms with Crippen LogP contribution in [0, 0.1) is 0 Å². The molecule has 0 saturated carbocycles. The van der Waals surface area contributed by atoms with Crippen molar-refractivity contribution in [1.29, 1.82) is 0 Å². The average Bonchev–Trinajstić information content (AvgIpc) is 2.62. The van der Waals surface area contributed by atoms with Gasteiger partial charge in [0.25, 0.3) is 11.8 Å². The molecular formula is C18H19ClN2O4. The summed E-state index contributed by atoms with van der Waals surface area (Å²) >= 11 is 6.04. The van der Waals surface area contributed by atoms with Gasteiger partial charge in [-0.2, -0.15) is 0 Å². The van der Waals surface area contributed by atoms with Gasteiger partial charge in [0.1, 0.15) is 5.75 Å². The Labute approximate surface area is 151 Å². The summed E-state index contributed by atoms with van der Waals surface area (Å²) in [4.78, 5) is 24.2. The minimum absolute atomic E-state index is 0.217. The van der Waals surface area contributed by atoms with Crippen molar-refractivity contribution < 1.29 is 19.1 Å². The van der Waals surface area contributed by atoms with Crippen molar-refractivity contribution in [2.24, 2.45) is 0 Å². The van der Waals surface area contributed by atoms with E-state index in [1.54, 1.807) is 49.6 Å². The number of rotatable bonds is 7. The van der Waals surface area contributed by atoms with Crippen molar-refractivity contribution in [1.82, 2.24) is 5.32 Å². The molecular weight excluding hydrogens is 344 g/mol. The summed E-state index contributed by atoms with van der Waals surface area (Å²) in [5.74, 6) is 0.0158. The Morgan fingerprint density at radius 2 is 1.64 bits per heavy atom. The van der Waals surface area contributed by atoms with Crippen LogP contribution in [0.25, 0.3) is 0 Å². The molecule has 2 aromatic rings. The number of halogens is 1. The molecule has 0 aliphatic carbocycles. The standard InChI is InChI=1S/C18H19ClN2O4/c1-24-10-9-20-17(22)12-3-5-13(6-4-12)18(23)21-14-7-8-16(25-2)15(19)11-14/h3-8,11H,9-10H2,1-2H3,(H,20,22)(H,21,23). The molecule has 2 N–H and O–H groups in total. The number of hydrogen-bond donors (Lipinski definition) is 2. The second kappa shape index (κ2) is 9.05. The maximum atomic E-state index is 12.3. The first-order valence-corrected chi connectivity index (χ1v) is 7.95. The summed E-state index contributed by atoms with van der Waals surface area (Å²) < 4.78 is 9.94. The summed E-state index contributed by atoms with van der Waals surface area (Å²) in [6.07, 6.45) is 0. The lowest BCUT2D eigenvalue weighted by atomic mass is 10.1. The highest BCUT2D eigenvalue weighted by molar-refractivity contribution is 6.32. The molecule has 0 heterocycles. The van der Waals surface area contributed by atoms with Crippen LogP contribution in [-0.4, -0.2) is 39.2 Å². The van der Waals surface area contributed by atoms with Crippen LogP contribution in [0.2, 0.25) is 5.02 Å². The molecule has 0 fully saturated rings. The molecule has 2 rings (SSSR count). The topological polar surface area (TPSA) is 76.7 Å². The van der Waals surface area contributed by atoms with Gasteiger partial charge in [0.15, 0.2) is 0 Å². The molecule has 2 amide bonds. The van der Waals surface area contributed by atoms with E-state index in [1.165, 1.54) is 7.11 Å². The van der Waals surface area contributed by atoms with E-state index >= 15 is 0 Å². The lowest BCUT2D eigenvalue weighted by Crippen LogP contribution is -2.26. The van der Waals surface area contributed by atoms with Gasteiger partial charge in [0, 0.05) is 30.5 Å². The summed E-state index contributed by atoms with van der Waals surface area (Å²) in [6, 6.07) is 11.3. The summed E-state index contributed by atoms with van der Waals surface area (Å²) in [5.41, 5.74) is 1.46. The fourth-order valence-corrected chi connectivity index (χ4v) is 2.35. The number of hydrogen-bond acceptors (Lipinski definition) is 4. The first kappa shape index (κ1) is 18.8. The van der Waals surface area contributed by atoms with Gasteiger partial charge in [-0.3, -0.25) is 9.59 Å². The lowest BCUT2D eigenvalue weighted by molar-refractivity contribution is 0.0935. The molecule has 2 aromatic carbocycles. The molecule has 0 aliphatic rings. The molecule has 0 saturated heterocycles. The van der Waals surface area contributed by atoms with Crippen LogP contribution < -0.4 is 15.4 Å². The average molecular weight is 363 g/mol. The van der Waals surface area contributed by atoms with Gasteiger partial charge in [0.2, 0.25) is 0 Å². The Morgan fingerprint density at radius 1 is 1.00 bits per heavy atom. The number of methoxy groups -OCH3 is 2. The molecule has 0 bridgehead atoms. The number of benzene rings is 2. The number of carbonyl (C=O) groups excluding carboxylic acids is 2. The Balaban J connectivity index is 2.00. The second-order valence-corrected chi connectivity index (χ2v) is 5.54. The zero-order valence-electron chi connectivity index (χ0n) is 14.0. The smallest absolute Gasteiger partial charge is 0.255 e. The van der Waals surface area contributed by atoms with Crippen molar-refractivity contribution >= 4 is 29.1 Å². The highest BCUT2D eigenvalue weighted by atomic mass is 35.5. The first-order valence-electron chi connectivity index (χ1n) is 7.57. The Hall–Kier alpha value is -2.57. The Morgan fingerprint density at radius 3 is 2.20 bits per heavy atom. The molecule has 6 nitrogen and oxygen atoms in total. The highest BCUT2D eigenvalue weighted by Crippen LogP contribution is 2.27. The fraction of sp³-hybridized carbons (Fsp3) is 0.222. The van der Waals surface area contributed by atoms with Crippen LogP contribution in [-0.2, 0) is 4.74 Å². The van der Waals surface area contributed by atoms with E-state index in [1.807, 2.05) is 0 Å². The molecule has 0 radical (unpaired) electrons. The zero-order chi connectivity index (χ0) is 18.2. The van der Waals surface area contributed by atoms with Crippen LogP contribution in [0.3, 0.4) is 0 Å². The highest BCUT2D eigenvalue weighted by Gasteiger charge is 2.10. The number of ether oxygens (including phenoxy) is 2. The Bertz CT molecular complexity index is 747. The summed E-state index contributed by atoms with van der Waals surface area (Å²) in [6.45, 7) is 0.868. The summed E-state index contributed by atoms with van der Waals surface area (Å²) in [7, 11) is 3.09. The van der Waals surface area contributed by atoms with E-state index in [0.717, 1.165) is 0 Å². The van der Waals surface area contributed by atoms with E-state index in [2.05, 4.69) is 10.6 Å². The van der Waals surface area contributed by atoms with Gasteiger partial charge in [-0.25, -0.2) is 0 Å². The molecule has 25 heavy (non-hydrogen) atoms. The zero-order valence-corrected chi connectivity index (χ0v) is 14.7. The van der Waals surface area contributed by atoms with E-state index < -0.39 is 0 Å². The molecule has 0 atom stereocenters. The van der Waals surface area contributed by atoms with Gasteiger partial charge in [-0.05, 0) is 42.5 Å². The number of carbonyl (C=O) groups is 2. The van der Waals surface area contributed by atoms with Crippen LogP contribution in [0.1, 0.15) is 20.7 Å². The predicted octanol–water partition coefficient (Wildman–Crippen LogP) is 2.98. The minimum atomic E-state index is -0.299. The van der Waals surface area contributed by atoms with E-state index in [0.29, 0.717) is 40.7 Å². The normalized spacial score (nSPS) is 10.2. The monoisotopic (exact) mass is 362 g/mol. The number of nitrogens with one attached hydrogen (secondary N) is 2. The quantitative estimate of drug-likeness (QED) is 0.742. The van der Waals surface area contributed by atoms with Crippen molar-refractivity contribution in [3.63, 3.8) is 0 Å². The van der Waals surface area contributed by atoms with Gasteiger partial charge in [0.05, 0.1) is 18.7 Å². The van der Waals surface area contributed by atoms with Gasteiger partial charge in [-0.1, -0.05) is 11.6 Å². The SMILES string of the molecule is COCCNC(=O)c1ccc(C(=O)Nc2ccc(OC)c(Cl)c2)cc1. The minimum Gasteiger partial charge on any atom is -0.495 e. The third kappa shape index (κ3) is 5.20. The lowest BCUT2D eigenvalue weighted by Gasteiger charge is -2.09. The van der Waals surface area contributed by atoms with E-state index in [-0.39, 0.29) is 11.8 Å². The van der Waals surface area contributed by atoms with Crippen molar-refractivity contribution in [3.05, 3.63) is 58.6 Å². The van der Waals surface area contributed by atoms with Crippen molar-refractivity contribution in [2.45, 2.75) is 0 Å². The van der Waals surface area contributed by atoms with Gasteiger partial charge in [-0.15, -0.1) is 0 Å². The number of amides is 2. The van der Waals surface area contributed by atoms with E-state index in [9.17, 15) is 9.59 Å². The van der Waals surface area contributed by atoms with Gasteiger partial charge >= 0.3 is 0 Å². The van der Waals surface area contributed by atoms with Crippen molar-refractivity contribution in [3.8, 4) is 5.75 Å². The van der Waals surface area contributed by atoms with Crippen LogP contribution in [0.4, 0.5) is 5.69 Å². The maximum Gasteiger partial charge on any atom is 0.255 e. The molecule has 7 heteroatoms. The van der Waals surface area contributed by atoms with Gasteiger partial charge < -0.3 is 20.1 Å². The molecule has 0 spiro atoms. The molecule has 0 unspecified atom stereocenters. The largest absolute Gasteiger partial charge is 0.495 e. The van der Waals surface area contributed by atoms with Crippen LogP contribution >= 0.6 is 11.6 Å². The molecule has 0 aromatic heterocycles. The maximum absolute atomic E-state index is 12.3. The second-order valence-electron chi connectivity index (χ2n) is 5.13.